The van der Waals surface area contributed by atoms with Crippen molar-refractivity contribution in [2.75, 3.05) is 19.8 Å². The van der Waals surface area contributed by atoms with Crippen molar-refractivity contribution in [2.45, 2.75) is 19.9 Å². The summed E-state index contributed by atoms with van der Waals surface area (Å²) < 4.78 is 18.0. The van der Waals surface area contributed by atoms with Crippen molar-refractivity contribution in [3.63, 3.8) is 0 Å². The molecule has 16 heavy (non-hydrogen) atoms. The van der Waals surface area contributed by atoms with Gasteiger partial charge in [-0.1, -0.05) is 19.1 Å². The molecule has 0 bridgehead atoms. The van der Waals surface area contributed by atoms with Crippen LogP contribution in [0.3, 0.4) is 0 Å². The molecule has 2 rings (SSSR count). The van der Waals surface area contributed by atoms with Gasteiger partial charge in [-0.15, -0.1) is 0 Å². The maximum atomic E-state index is 12.8. The highest BCUT2D eigenvalue weighted by Crippen LogP contribution is 2.26. The smallest absolute Gasteiger partial charge is 0.123 e. The average Bonchev–Trinajstić information content (AvgIpc) is 2.24. The van der Waals surface area contributed by atoms with E-state index in [4.69, 9.17) is 4.74 Å². The van der Waals surface area contributed by atoms with Gasteiger partial charge in [0.05, 0.1) is 13.2 Å². The first-order valence-corrected chi connectivity index (χ1v) is 5.66. The lowest BCUT2D eigenvalue weighted by Gasteiger charge is -2.39. The average molecular weight is 223 g/mol. The Hall–Kier alpha value is -0.930. The van der Waals surface area contributed by atoms with Gasteiger partial charge < -0.3 is 10.1 Å². The standard InChI is InChI=1S/C13H18FNO/c1-10(11-3-5-12(14)6-4-11)15-7-13(2)8-16-9-13/h3-6,10,15H,7-9H2,1-2H3/t10-/m0/s1. The summed E-state index contributed by atoms with van der Waals surface area (Å²) in [5.41, 5.74) is 1.39. The fourth-order valence-corrected chi connectivity index (χ4v) is 1.82. The van der Waals surface area contributed by atoms with E-state index in [0.717, 1.165) is 25.3 Å². The highest BCUT2D eigenvalue weighted by molar-refractivity contribution is 5.19. The van der Waals surface area contributed by atoms with Gasteiger partial charge in [0.25, 0.3) is 0 Å². The summed E-state index contributed by atoms with van der Waals surface area (Å²) in [6, 6.07) is 6.90. The SMILES string of the molecule is C[C@H](NCC1(C)COC1)c1ccc(F)cc1. The molecule has 1 aromatic carbocycles. The molecule has 1 atom stereocenters. The van der Waals surface area contributed by atoms with Crippen LogP contribution in [-0.4, -0.2) is 19.8 Å². The second-order valence-corrected chi connectivity index (χ2v) is 4.96. The summed E-state index contributed by atoms with van der Waals surface area (Å²) >= 11 is 0. The molecule has 88 valence electrons. The molecule has 0 spiro atoms. The Morgan fingerprint density at radius 2 is 2.00 bits per heavy atom. The van der Waals surface area contributed by atoms with Crippen LogP contribution < -0.4 is 5.32 Å². The monoisotopic (exact) mass is 223 g/mol. The van der Waals surface area contributed by atoms with Gasteiger partial charge in [-0.25, -0.2) is 4.39 Å². The highest BCUT2D eigenvalue weighted by Gasteiger charge is 2.33. The lowest BCUT2D eigenvalue weighted by Crippen LogP contribution is -2.47. The third kappa shape index (κ3) is 2.60. The quantitative estimate of drug-likeness (QED) is 0.846. The summed E-state index contributed by atoms with van der Waals surface area (Å²) in [4.78, 5) is 0. The van der Waals surface area contributed by atoms with Crippen molar-refractivity contribution in [1.82, 2.24) is 5.32 Å². The Kier molecular flexibility index (Phi) is 3.26. The van der Waals surface area contributed by atoms with Gasteiger partial charge in [0.2, 0.25) is 0 Å². The predicted octanol–water partition coefficient (Wildman–Crippen LogP) is 2.51. The van der Waals surface area contributed by atoms with Crippen molar-refractivity contribution in [3.8, 4) is 0 Å². The van der Waals surface area contributed by atoms with Crippen LogP contribution in [0.25, 0.3) is 0 Å². The number of nitrogens with one attached hydrogen (secondary N) is 1. The molecule has 1 fully saturated rings. The molecule has 1 N–H and O–H groups in total. The van der Waals surface area contributed by atoms with Crippen molar-refractivity contribution in [1.29, 1.82) is 0 Å². The molecule has 0 aromatic heterocycles. The molecule has 1 aromatic rings. The molecule has 2 nitrogen and oxygen atoms in total. The summed E-state index contributed by atoms with van der Waals surface area (Å²) in [5, 5.41) is 3.46. The highest BCUT2D eigenvalue weighted by atomic mass is 19.1. The minimum atomic E-state index is -0.185. The number of ether oxygens (including phenoxy) is 1. The molecule has 0 unspecified atom stereocenters. The van der Waals surface area contributed by atoms with Gasteiger partial charge >= 0.3 is 0 Å². The first-order valence-electron chi connectivity index (χ1n) is 5.66. The van der Waals surface area contributed by atoms with E-state index in [2.05, 4.69) is 19.2 Å². The fourth-order valence-electron chi connectivity index (χ4n) is 1.82. The molecule has 0 saturated carbocycles. The minimum absolute atomic E-state index is 0.185. The zero-order valence-electron chi connectivity index (χ0n) is 9.79. The van der Waals surface area contributed by atoms with Gasteiger partial charge in [0, 0.05) is 18.0 Å². The normalized spacial score (nSPS) is 20.2. The Morgan fingerprint density at radius 3 is 2.50 bits per heavy atom. The zero-order chi connectivity index (χ0) is 11.6. The molecular formula is C13H18FNO. The second kappa shape index (κ2) is 4.52. The van der Waals surface area contributed by atoms with E-state index in [-0.39, 0.29) is 17.3 Å². The van der Waals surface area contributed by atoms with Gasteiger partial charge in [-0.2, -0.15) is 0 Å². The van der Waals surface area contributed by atoms with Crippen LogP contribution in [0.2, 0.25) is 0 Å². The largest absolute Gasteiger partial charge is 0.380 e. The van der Waals surface area contributed by atoms with Crippen LogP contribution in [0.5, 0.6) is 0 Å². The molecule has 3 heteroatoms. The van der Waals surface area contributed by atoms with Crippen molar-refractivity contribution in [3.05, 3.63) is 35.6 Å². The van der Waals surface area contributed by atoms with Crippen LogP contribution in [0.15, 0.2) is 24.3 Å². The van der Waals surface area contributed by atoms with Crippen LogP contribution in [-0.2, 0) is 4.74 Å². The third-order valence-electron chi connectivity index (χ3n) is 3.11. The Bertz CT molecular complexity index is 345. The van der Waals surface area contributed by atoms with Crippen LogP contribution in [0.4, 0.5) is 4.39 Å². The lowest BCUT2D eigenvalue weighted by molar-refractivity contribution is -0.0999. The molecule has 0 aliphatic carbocycles. The molecular weight excluding hydrogens is 205 g/mol. The van der Waals surface area contributed by atoms with Crippen LogP contribution >= 0.6 is 0 Å². The van der Waals surface area contributed by atoms with E-state index in [1.165, 1.54) is 12.1 Å². The van der Waals surface area contributed by atoms with Crippen molar-refractivity contribution >= 4 is 0 Å². The van der Waals surface area contributed by atoms with E-state index < -0.39 is 0 Å². The molecule has 1 saturated heterocycles. The van der Waals surface area contributed by atoms with E-state index in [9.17, 15) is 4.39 Å². The predicted molar refractivity (Wildman–Crippen MR) is 61.7 cm³/mol. The van der Waals surface area contributed by atoms with E-state index in [1.807, 2.05) is 12.1 Å². The van der Waals surface area contributed by atoms with Gasteiger partial charge in [0.1, 0.15) is 5.82 Å². The zero-order valence-corrected chi connectivity index (χ0v) is 9.79. The van der Waals surface area contributed by atoms with Gasteiger partial charge in [-0.3, -0.25) is 0 Å². The maximum Gasteiger partial charge on any atom is 0.123 e. The second-order valence-electron chi connectivity index (χ2n) is 4.96. The minimum Gasteiger partial charge on any atom is -0.380 e. The Balaban J connectivity index is 1.87. The first kappa shape index (κ1) is 11.6. The number of rotatable bonds is 4. The van der Waals surface area contributed by atoms with Crippen LogP contribution in [0.1, 0.15) is 25.5 Å². The summed E-state index contributed by atoms with van der Waals surface area (Å²) in [7, 11) is 0. The number of benzene rings is 1. The van der Waals surface area contributed by atoms with Gasteiger partial charge in [-0.05, 0) is 24.6 Å². The third-order valence-corrected chi connectivity index (χ3v) is 3.11. The number of hydrogen-bond acceptors (Lipinski definition) is 2. The number of hydrogen-bond donors (Lipinski definition) is 1. The molecule has 1 aliphatic heterocycles. The molecule has 1 heterocycles. The van der Waals surface area contributed by atoms with Crippen molar-refractivity contribution in [2.24, 2.45) is 5.41 Å². The molecule has 0 amide bonds. The Morgan fingerprint density at radius 1 is 1.38 bits per heavy atom. The Labute approximate surface area is 95.8 Å². The van der Waals surface area contributed by atoms with E-state index >= 15 is 0 Å². The summed E-state index contributed by atoms with van der Waals surface area (Å²) in [5.74, 6) is -0.185. The number of halogens is 1. The topological polar surface area (TPSA) is 21.3 Å². The van der Waals surface area contributed by atoms with Gasteiger partial charge in [0.15, 0.2) is 0 Å². The maximum absolute atomic E-state index is 12.8. The molecule has 1 aliphatic rings. The van der Waals surface area contributed by atoms with E-state index in [1.54, 1.807) is 0 Å². The summed E-state index contributed by atoms with van der Waals surface area (Å²) in [6.45, 7) is 6.90. The lowest BCUT2D eigenvalue weighted by atomic mass is 9.88. The molecule has 0 radical (unpaired) electrons. The first-order chi connectivity index (χ1) is 7.59. The fraction of sp³-hybridized carbons (Fsp3) is 0.538. The van der Waals surface area contributed by atoms with E-state index in [0.29, 0.717) is 0 Å². The summed E-state index contributed by atoms with van der Waals surface area (Å²) in [6.07, 6.45) is 0. The van der Waals surface area contributed by atoms with Crippen molar-refractivity contribution < 1.29 is 9.13 Å². The van der Waals surface area contributed by atoms with Crippen LogP contribution in [0, 0.1) is 11.2 Å².